The van der Waals surface area contributed by atoms with E-state index in [1.54, 1.807) is 6.20 Å². The van der Waals surface area contributed by atoms with Gasteiger partial charge in [0.05, 0.1) is 0 Å². The molecule has 74 valence electrons. The molecule has 0 spiro atoms. The molecule has 14 heavy (non-hydrogen) atoms. The lowest BCUT2D eigenvalue weighted by Gasteiger charge is -2.31. The van der Waals surface area contributed by atoms with Crippen molar-refractivity contribution < 1.29 is 0 Å². The van der Waals surface area contributed by atoms with Crippen LogP contribution < -0.4 is 10.6 Å². The van der Waals surface area contributed by atoms with Crippen LogP contribution in [-0.4, -0.2) is 23.1 Å². The number of nitrogen functional groups attached to an aromatic ring is 1. The summed E-state index contributed by atoms with van der Waals surface area (Å²) in [5.74, 6) is 1.24. The maximum absolute atomic E-state index is 5.55. The Hall–Kier alpha value is -1.58. The number of fused-ring (bicyclic) bond motifs is 1. The smallest absolute Gasteiger partial charge is 0.221 e. The van der Waals surface area contributed by atoms with E-state index >= 15 is 0 Å². The van der Waals surface area contributed by atoms with Crippen LogP contribution in [0, 0.1) is 0 Å². The zero-order valence-corrected chi connectivity index (χ0v) is 8.65. The van der Waals surface area contributed by atoms with Gasteiger partial charge in [0.25, 0.3) is 0 Å². The van der Waals surface area contributed by atoms with E-state index in [0.29, 0.717) is 12.0 Å². The standard InChI is InChI=1S/C10H14N4/c1-6-4-8-5-12-10(11)13-9(8)14(3)7(6)2/h4-5,7H,1-3H3,(H2,11,12,13). The van der Waals surface area contributed by atoms with Crippen molar-refractivity contribution in [3.8, 4) is 0 Å². The van der Waals surface area contributed by atoms with Gasteiger partial charge in [0, 0.05) is 24.8 Å². The van der Waals surface area contributed by atoms with Crippen molar-refractivity contribution in [2.45, 2.75) is 19.9 Å². The first kappa shape index (κ1) is 8.99. The van der Waals surface area contributed by atoms with Crippen LogP contribution in [0.15, 0.2) is 11.8 Å². The highest BCUT2D eigenvalue weighted by Gasteiger charge is 2.21. The number of nitrogens with zero attached hydrogens (tertiary/aromatic N) is 3. The molecule has 1 aromatic rings. The fourth-order valence-electron chi connectivity index (χ4n) is 1.63. The van der Waals surface area contributed by atoms with Crippen molar-refractivity contribution in [2.24, 2.45) is 0 Å². The van der Waals surface area contributed by atoms with Crippen molar-refractivity contribution in [1.82, 2.24) is 9.97 Å². The Morgan fingerprint density at radius 3 is 2.93 bits per heavy atom. The highest BCUT2D eigenvalue weighted by Crippen LogP contribution is 2.28. The molecule has 1 unspecified atom stereocenters. The number of nitrogens with two attached hydrogens (primary N) is 1. The lowest BCUT2D eigenvalue weighted by molar-refractivity contribution is 0.758. The summed E-state index contributed by atoms with van der Waals surface area (Å²) in [5, 5.41) is 0. The third kappa shape index (κ3) is 1.23. The molecule has 2 N–H and O–H groups in total. The van der Waals surface area contributed by atoms with Crippen molar-refractivity contribution in [3.63, 3.8) is 0 Å². The molecule has 0 fully saturated rings. The average molecular weight is 190 g/mol. The predicted octanol–water partition coefficient (Wildman–Crippen LogP) is 1.30. The molecule has 1 aliphatic rings. The summed E-state index contributed by atoms with van der Waals surface area (Å²) in [4.78, 5) is 10.3. The van der Waals surface area contributed by atoms with Crippen molar-refractivity contribution in [1.29, 1.82) is 0 Å². The second kappa shape index (κ2) is 2.97. The zero-order chi connectivity index (χ0) is 10.3. The van der Waals surface area contributed by atoms with Crippen LogP contribution >= 0.6 is 0 Å². The summed E-state index contributed by atoms with van der Waals surface area (Å²) in [6, 6.07) is 0.372. The van der Waals surface area contributed by atoms with Crippen LogP contribution in [0.1, 0.15) is 19.4 Å². The van der Waals surface area contributed by atoms with Gasteiger partial charge in [0.15, 0.2) is 0 Å². The number of hydrogen-bond acceptors (Lipinski definition) is 4. The number of anilines is 2. The lowest BCUT2D eigenvalue weighted by Crippen LogP contribution is -2.33. The molecule has 1 aliphatic heterocycles. The second-order valence-corrected chi connectivity index (χ2v) is 3.68. The first-order chi connectivity index (χ1) is 6.59. The van der Waals surface area contributed by atoms with Crippen LogP contribution in [-0.2, 0) is 0 Å². The molecule has 0 bridgehead atoms. The second-order valence-electron chi connectivity index (χ2n) is 3.68. The molecule has 1 atom stereocenters. The largest absolute Gasteiger partial charge is 0.368 e. The maximum atomic E-state index is 5.55. The van der Waals surface area contributed by atoms with Gasteiger partial charge in [-0.25, -0.2) is 4.98 Å². The van der Waals surface area contributed by atoms with Gasteiger partial charge >= 0.3 is 0 Å². The number of likely N-dealkylation sites (N-methyl/N-ethyl adjacent to an activating group) is 1. The van der Waals surface area contributed by atoms with Crippen molar-refractivity contribution in [2.75, 3.05) is 17.7 Å². The molecule has 0 aromatic carbocycles. The monoisotopic (exact) mass is 190 g/mol. The Morgan fingerprint density at radius 1 is 1.50 bits per heavy atom. The third-order valence-electron chi connectivity index (χ3n) is 2.77. The van der Waals surface area contributed by atoms with Crippen LogP contribution in [0.25, 0.3) is 6.08 Å². The maximum Gasteiger partial charge on any atom is 0.221 e. The first-order valence-corrected chi connectivity index (χ1v) is 4.63. The minimum atomic E-state index is 0.329. The van der Waals surface area contributed by atoms with Crippen LogP contribution in [0.4, 0.5) is 11.8 Å². The van der Waals surface area contributed by atoms with Crippen molar-refractivity contribution >= 4 is 17.8 Å². The zero-order valence-electron chi connectivity index (χ0n) is 8.65. The molecule has 4 heteroatoms. The SMILES string of the molecule is CC1=Cc2cnc(N)nc2N(C)C1C. The molecule has 0 amide bonds. The topological polar surface area (TPSA) is 55.0 Å². The summed E-state index contributed by atoms with van der Waals surface area (Å²) in [7, 11) is 2.02. The van der Waals surface area contributed by atoms with E-state index < -0.39 is 0 Å². The summed E-state index contributed by atoms with van der Waals surface area (Å²) in [6.45, 7) is 4.26. The van der Waals surface area contributed by atoms with Gasteiger partial charge in [-0.15, -0.1) is 0 Å². The minimum absolute atomic E-state index is 0.329. The highest BCUT2D eigenvalue weighted by atomic mass is 15.2. The molecule has 0 aliphatic carbocycles. The van der Waals surface area contributed by atoms with E-state index in [4.69, 9.17) is 5.73 Å². The molecule has 2 rings (SSSR count). The summed E-state index contributed by atoms with van der Waals surface area (Å²) >= 11 is 0. The number of rotatable bonds is 0. The first-order valence-electron chi connectivity index (χ1n) is 4.63. The Kier molecular flexibility index (Phi) is 1.91. The van der Waals surface area contributed by atoms with E-state index in [0.717, 1.165) is 11.4 Å². The van der Waals surface area contributed by atoms with Crippen LogP contribution in [0.3, 0.4) is 0 Å². The highest BCUT2D eigenvalue weighted by molar-refractivity contribution is 5.71. The Morgan fingerprint density at radius 2 is 2.21 bits per heavy atom. The van der Waals surface area contributed by atoms with E-state index in [1.165, 1.54) is 5.57 Å². The summed E-state index contributed by atoms with van der Waals surface area (Å²) < 4.78 is 0. The lowest BCUT2D eigenvalue weighted by atomic mass is 10.0. The van der Waals surface area contributed by atoms with Gasteiger partial charge in [-0.3, -0.25) is 0 Å². The number of hydrogen-bond donors (Lipinski definition) is 1. The normalized spacial score (nSPS) is 20.4. The summed E-state index contributed by atoms with van der Waals surface area (Å²) in [5.41, 5.74) is 7.91. The van der Waals surface area contributed by atoms with Crippen LogP contribution in [0.2, 0.25) is 0 Å². The Labute approximate surface area is 83.5 Å². The molecule has 4 nitrogen and oxygen atoms in total. The fourth-order valence-corrected chi connectivity index (χ4v) is 1.63. The molecule has 0 radical (unpaired) electrons. The third-order valence-corrected chi connectivity index (χ3v) is 2.77. The molecule has 1 aromatic heterocycles. The summed E-state index contributed by atoms with van der Waals surface area (Å²) in [6.07, 6.45) is 3.88. The quantitative estimate of drug-likeness (QED) is 0.670. The van der Waals surface area contributed by atoms with Crippen LogP contribution in [0.5, 0.6) is 0 Å². The van der Waals surface area contributed by atoms with Gasteiger partial charge in [-0.1, -0.05) is 5.57 Å². The van der Waals surface area contributed by atoms with Gasteiger partial charge < -0.3 is 10.6 Å². The molecular formula is C10H14N4. The minimum Gasteiger partial charge on any atom is -0.368 e. The van der Waals surface area contributed by atoms with Crippen molar-refractivity contribution in [3.05, 3.63) is 17.3 Å². The fraction of sp³-hybridized carbons (Fsp3) is 0.400. The molecule has 0 saturated heterocycles. The van der Waals surface area contributed by atoms with Gasteiger partial charge in [0.1, 0.15) is 5.82 Å². The average Bonchev–Trinajstić information content (AvgIpc) is 2.16. The van der Waals surface area contributed by atoms with E-state index in [9.17, 15) is 0 Å². The predicted molar refractivity (Wildman–Crippen MR) is 58.0 cm³/mol. The van der Waals surface area contributed by atoms with Gasteiger partial charge in [0.2, 0.25) is 5.95 Å². The van der Waals surface area contributed by atoms with E-state index in [2.05, 4.69) is 34.8 Å². The van der Waals surface area contributed by atoms with E-state index in [-0.39, 0.29) is 0 Å². The molecule has 0 saturated carbocycles. The molecule has 2 heterocycles. The Bertz CT molecular complexity index is 397. The van der Waals surface area contributed by atoms with E-state index in [1.807, 2.05) is 7.05 Å². The Balaban J connectivity index is 2.58. The van der Waals surface area contributed by atoms with Gasteiger partial charge in [-0.2, -0.15) is 4.98 Å². The number of aromatic nitrogens is 2. The van der Waals surface area contributed by atoms with Gasteiger partial charge in [-0.05, 0) is 19.9 Å². The molecular weight excluding hydrogens is 176 g/mol.